The van der Waals surface area contributed by atoms with Crippen LogP contribution in [0.15, 0.2) is 84.6 Å². The van der Waals surface area contributed by atoms with Gasteiger partial charge in [0, 0.05) is 5.56 Å². The molecule has 0 aliphatic heterocycles. The molecule has 0 bridgehead atoms. The van der Waals surface area contributed by atoms with Crippen LogP contribution < -0.4 is 5.32 Å². The van der Waals surface area contributed by atoms with Crippen LogP contribution in [-0.2, 0) is 0 Å². The zero-order chi connectivity index (χ0) is 20.2. The number of aromatic amines is 1. The third-order valence-electron chi connectivity index (χ3n) is 4.31. The van der Waals surface area contributed by atoms with Crippen LogP contribution in [0.2, 0.25) is 0 Å². The van der Waals surface area contributed by atoms with E-state index in [9.17, 15) is 14.0 Å². The van der Waals surface area contributed by atoms with Gasteiger partial charge in [-0.3, -0.25) is 9.59 Å². The van der Waals surface area contributed by atoms with E-state index in [1.165, 1.54) is 30.3 Å². The molecule has 4 aromatic rings. The van der Waals surface area contributed by atoms with Gasteiger partial charge in [0.25, 0.3) is 5.91 Å². The Morgan fingerprint density at radius 1 is 0.897 bits per heavy atom. The van der Waals surface area contributed by atoms with Crippen LogP contribution in [-0.4, -0.2) is 21.7 Å². The molecule has 5 nitrogen and oxygen atoms in total. The first-order valence-corrected chi connectivity index (χ1v) is 8.93. The van der Waals surface area contributed by atoms with E-state index in [1.54, 1.807) is 36.4 Å². The number of rotatable bonds is 5. The number of allylic oxidation sites excluding steroid dienone is 1. The summed E-state index contributed by atoms with van der Waals surface area (Å²) >= 11 is 0. The monoisotopic (exact) mass is 385 g/mol. The van der Waals surface area contributed by atoms with E-state index < -0.39 is 11.7 Å². The minimum atomic E-state index is -0.477. The smallest absolute Gasteiger partial charge is 0.255 e. The topological polar surface area (TPSA) is 74.8 Å². The Hall–Kier alpha value is -4.06. The van der Waals surface area contributed by atoms with Gasteiger partial charge in [-0.15, -0.1) is 0 Å². The Morgan fingerprint density at radius 3 is 2.31 bits per heavy atom. The molecule has 0 atom stereocenters. The first-order chi connectivity index (χ1) is 14.1. The molecule has 0 unspecified atom stereocenters. The predicted molar refractivity (Wildman–Crippen MR) is 109 cm³/mol. The maximum atomic E-state index is 13.2. The molecule has 0 aliphatic rings. The summed E-state index contributed by atoms with van der Waals surface area (Å²) in [6, 6.07) is 21.4. The quantitative estimate of drug-likeness (QED) is 0.396. The molecule has 6 heteroatoms. The highest BCUT2D eigenvalue weighted by atomic mass is 19.1. The molecule has 1 amide bonds. The van der Waals surface area contributed by atoms with Crippen LogP contribution in [0, 0.1) is 5.82 Å². The fourth-order valence-corrected chi connectivity index (χ4v) is 2.86. The van der Waals surface area contributed by atoms with Crippen LogP contribution in [0.5, 0.6) is 0 Å². The number of H-pyrrole nitrogens is 1. The van der Waals surface area contributed by atoms with Crippen molar-refractivity contribution in [2.45, 2.75) is 0 Å². The maximum Gasteiger partial charge on any atom is 0.255 e. The molecule has 1 heterocycles. The van der Waals surface area contributed by atoms with Crippen molar-refractivity contribution in [2.24, 2.45) is 0 Å². The number of Topliss-reactive ketones (excluding diaryl/α,β-unsaturated/α-hetero) is 1. The zero-order valence-corrected chi connectivity index (χ0v) is 15.2. The van der Waals surface area contributed by atoms with Crippen molar-refractivity contribution in [1.82, 2.24) is 15.3 Å². The number of benzene rings is 3. The number of amides is 1. The van der Waals surface area contributed by atoms with Crippen molar-refractivity contribution in [3.63, 3.8) is 0 Å². The van der Waals surface area contributed by atoms with Crippen LogP contribution >= 0.6 is 0 Å². The Labute approximate surface area is 165 Å². The molecule has 29 heavy (non-hydrogen) atoms. The Balaban J connectivity index is 1.71. The first kappa shape index (κ1) is 18.3. The number of hydrogen-bond acceptors (Lipinski definition) is 3. The minimum Gasteiger partial charge on any atom is -0.335 e. The van der Waals surface area contributed by atoms with E-state index in [4.69, 9.17) is 0 Å². The Kier molecular flexibility index (Phi) is 4.99. The van der Waals surface area contributed by atoms with Crippen LogP contribution in [0.25, 0.3) is 17.1 Å². The summed E-state index contributed by atoms with van der Waals surface area (Å²) in [5, 5.41) is 2.66. The average molecular weight is 385 g/mol. The third kappa shape index (κ3) is 4.11. The molecular weight excluding hydrogens is 369 g/mol. The van der Waals surface area contributed by atoms with E-state index >= 15 is 0 Å². The van der Waals surface area contributed by atoms with Gasteiger partial charge < -0.3 is 10.3 Å². The van der Waals surface area contributed by atoms with Gasteiger partial charge in [0.2, 0.25) is 5.78 Å². The third-order valence-corrected chi connectivity index (χ3v) is 4.31. The summed E-state index contributed by atoms with van der Waals surface area (Å²) in [6.45, 7) is 0. The maximum absolute atomic E-state index is 13.2. The van der Waals surface area contributed by atoms with Crippen molar-refractivity contribution >= 4 is 28.8 Å². The molecule has 0 radical (unpaired) electrons. The van der Waals surface area contributed by atoms with Gasteiger partial charge in [0.05, 0.1) is 16.7 Å². The number of imidazole rings is 1. The molecule has 0 saturated carbocycles. The van der Waals surface area contributed by atoms with E-state index in [-0.39, 0.29) is 17.3 Å². The molecule has 0 aliphatic carbocycles. The lowest BCUT2D eigenvalue weighted by molar-refractivity contribution is 0.0932. The van der Waals surface area contributed by atoms with Gasteiger partial charge in [-0.1, -0.05) is 42.5 Å². The highest BCUT2D eigenvalue weighted by Gasteiger charge is 2.19. The van der Waals surface area contributed by atoms with Gasteiger partial charge in [0.1, 0.15) is 5.82 Å². The molecular formula is C23H16FN3O2. The summed E-state index contributed by atoms with van der Waals surface area (Å²) in [6.07, 6.45) is 1.50. The van der Waals surface area contributed by atoms with Crippen LogP contribution in [0.3, 0.4) is 0 Å². The van der Waals surface area contributed by atoms with E-state index in [0.29, 0.717) is 22.2 Å². The molecule has 2 N–H and O–H groups in total. The van der Waals surface area contributed by atoms with Crippen molar-refractivity contribution in [3.8, 4) is 0 Å². The lowest BCUT2D eigenvalue weighted by atomic mass is 10.1. The molecule has 0 saturated heterocycles. The summed E-state index contributed by atoms with van der Waals surface area (Å²) in [5.74, 6) is -1.19. The number of aromatic nitrogens is 2. The van der Waals surface area contributed by atoms with Crippen molar-refractivity contribution in [3.05, 3.63) is 107 Å². The van der Waals surface area contributed by atoms with Crippen molar-refractivity contribution in [2.75, 3.05) is 0 Å². The van der Waals surface area contributed by atoms with Gasteiger partial charge in [0.15, 0.2) is 5.82 Å². The van der Waals surface area contributed by atoms with Crippen LogP contribution in [0.4, 0.5) is 4.39 Å². The molecule has 142 valence electrons. The number of fused-ring (bicyclic) bond motifs is 1. The summed E-state index contributed by atoms with van der Waals surface area (Å²) in [5.41, 5.74) is 2.37. The average Bonchev–Trinajstić information content (AvgIpc) is 3.19. The number of ketones is 1. The fraction of sp³-hybridized carbons (Fsp3) is 0. The molecule has 1 aromatic heterocycles. The normalized spacial score (nSPS) is 11.4. The molecule has 3 aromatic carbocycles. The van der Waals surface area contributed by atoms with Gasteiger partial charge in [-0.2, -0.15) is 0 Å². The molecule has 0 spiro atoms. The highest BCUT2D eigenvalue weighted by Crippen LogP contribution is 2.15. The van der Waals surface area contributed by atoms with E-state index in [0.717, 1.165) is 0 Å². The Morgan fingerprint density at radius 2 is 1.59 bits per heavy atom. The second-order valence-electron chi connectivity index (χ2n) is 6.36. The lowest BCUT2D eigenvalue weighted by Crippen LogP contribution is -2.28. The first-order valence-electron chi connectivity index (χ1n) is 8.93. The van der Waals surface area contributed by atoms with Crippen LogP contribution in [0.1, 0.15) is 26.5 Å². The molecule has 0 fully saturated rings. The van der Waals surface area contributed by atoms with Gasteiger partial charge in [-0.25, -0.2) is 9.37 Å². The predicted octanol–water partition coefficient (Wildman–Crippen LogP) is 4.36. The largest absolute Gasteiger partial charge is 0.335 e. The van der Waals surface area contributed by atoms with E-state index in [1.807, 2.05) is 18.2 Å². The lowest BCUT2D eigenvalue weighted by Gasteiger charge is -2.08. The number of hydrogen-bond donors (Lipinski definition) is 2. The van der Waals surface area contributed by atoms with Crippen molar-refractivity contribution in [1.29, 1.82) is 0 Å². The zero-order valence-electron chi connectivity index (χ0n) is 15.2. The summed E-state index contributed by atoms with van der Waals surface area (Å²) in [4.78, 5) is 33.0. The summed E-state index contributed by atoms with van der Waals surface area (Å²) in [7, 11) is 0. The molecule has 4 rings (SSSR count). The number of nitrogens with one attached hydrogen (secondary N) is 2. The number of nitrogens with zero attached hydrogens (tertiary/aromatic N) is 1. The highest BCUT2D eigenvalue weighted by molar-refractivity contribution is 6.13. The number of carbonyl (C=O) groups is 2. The minimum absolute atomic E-state index is 0.0320. The van der Waals surface area contributed by atoms with Gasteiger partial charge >= 0.3 is 0 Å². The van der Waals surface area contributed by atoms with Gasteiger partial charge in [-0.05, 0) is 48.0 Å². The summed E-state index contributed by atoms with van der Waals surface area (Å²) < 4.78 is 13.2. The number of para-hydroxylation sites is 2. The van der Waals surface area contributed by atoms with Crippen molar-refractivity contribution < 1.29 is 14.0 Å². The second-order valence-corrected chi connectivity index (χ2v) is 6.36. The number of carbonyl (C=O) groups excluding carboxylic acids is 2. The fourth-order valence-electron chi connectivity index (χ4n) is 2.86. The second kappa shape index (κ2) is 7.90. The van der Waals surface area contributed by atoms with E-state index in [2.05, 4.69) is 15.3 Å². The Bertz CT molecular complexity index is 1180. The SMILES string of the molecule is O=C(N/C(=C/c1ccc(F)cc1)C(=O)c1nc2ccccc2[nH]1)c1ccccc1. The number of halogens is 1. The standard InChI is InChI=1S/C23H16FN3O2/c24-17-12-10-15(11-13-17)14-20(27-23(29)16-6-2-1-3-7-16)21(28)22-25-18-8-4-5-9-19(18)26-22/h1-14H,(H,25,26)(H,27,29)/b20-14+.